The molecule has 1 amide bonds. The summed E-state index contributed by atoms with van der Waals surface area (Å²) in [6, 6.07) is 1.54. The van der Waals surface area contributed by atoms with Crippen LogP contribution in [0, 0.1) is 17.8 Å². The van der Waals surface area contributed by atoms with Gasteiger partial charge in [0.1, 0.15) is 5.00 Å². The molecule has 2 N–H and O–H groups in total. The number of aromatic carboxylic acids is 1. The van der Waals surface area contributed by atoms with Gasteiger partial charge in [0.15, 0.2) is 0 Å². The second kappa shape index (κ2) is 6.18. The van der Waals surface area contributed by atoms with Crippen LogP contribution in [0.4, 0.5) is 5.00 Å². The van der Waals surface area contributed by atoms with Crippen molar-refractivity contribution in [1.82, 2.24) is 0 Å². The van der Waals surface area contributed by atoms with Crippen molar-refractivity contribution in [3.8, 4) is 0 Å². The molecule has 3 unspecified atom stereocenters. The molecule has 2 aliphatic carbocycles. The summed E-state index contributed by atoms with van der Waals surface area (Å²) in [4.78, 5) is 23.5. The predicted octanol–water partition coefficient (Wildman–Crippen LogP) is 3.99. The lowest BCUT2D eigenvalue weighted by molar-refractivity contribution is -0.122. The zero-order valence-corrected chi connectivity index (χ0v) is 12.8. The maximum absolute atomic E-state index is 12.4. The van der Waals surface area contributed by atoms with E-state index in [1.807, 2.05) is 0 Å². The van der Waals surface area contributed by atoms with Gasteiger partial charge in [-0.3, -0.25) is 4.79 Å². The van der Waals surface area contributed by atoms with Gasteiger partial charge in [0, 0.05) is 5.92 Å². The first kappa shape index (κ1) is 14.6. The van der Waals surface area contributed by atoms with Gasteiger partial charge in [0.05, 0.1) is 5.56 Å². The van der Waals surface area contributed by atoms with Crippen LogP contribution < -0.4 is 5.32 Å². The topological polar surface area (TPSA) is 66.4 Å². The van der Waals surface area contributed by atoms with Crippen molar-refractivity contribution in [2.24, 2.45) is 17.8 Å². The quantitative estimate of drug-likeness (QED) is 0.887. The number of carboxylic acid groups (broad SMARTS) is 1. The van der Waals surface area contributed by atoms with Crippen LogP contribution in [0.3, 0.4) is 0 Å². The van der Waals surface area contributed by atoms with Crippen molar-refractivity contribution in [3.05, 3.63) is 17.0 Å². The summed E-state index contributed by atoms with van der Waals surface area (Å²) in [5.74, 6) is 0.587. The van der Waals surface area contributed by atoms with Crippen LogP contribution in [0.15, 0.2) is 11.4 Å². The van der Waals surface area contributed by atoms with E-state index in [1.54, 1.807) is 11.4 Å². The molecular weight excluding hydrogens is 286 g/mol. The lowest BCUT2D eigenvalue weighted by Gasteiger charge is -2.38. The maximum Gasteiger partial charge on any atom is 0.338 e. The number of carbonyl (C=O) groups excluding carboxylic acids is 1. The van der Waals surface area contributed by atoms with Crippen LogP contribution in [-0.4, -0.2) is 17.0 Å². The molecule has 0 radical (unpaired) electrons. The second-order valence-corrected chi connectivity index (χ2v) is 7.19. The molecule has 2 saturated carbocycles. The van der Waals surface area contributed by atoms with Crippen LogP contribution in [0.1, 0.15) is 55.3 Å². The Morgan fingerprint density at radius 2 is 1.90 bits per heavy atom. The number of rotatable bonds is 3. The minimum absolute atomic E-state index is 0.00368. The van der Waals surface area contributed by atoms with Crippen LogP contribution >= 0.6 is 11.3 Å². The SMILES string of the molecule is O=C(O)c1ccsc1NC(=O)C1CCC2CCCCC2C1. The van der Waals surface area contributed by atoms with E-state index in [2.05, 4.69) is 5.32 Å². The van der Waals surface area contributed by atoms with E-state index in [1.165, 1.54) is 37.0 Å². The Hall–Kier alpha value is -1.36. The third kappa shape index (κ3) is 3.12. The molecule has 0 spiro atoms. The van der Waals surface area contributed by atoms with E-state index < -0.39 is 5.97 Å². The van der Waals surface area contributed by atoms with Gasteiger partial charge in [-0.1, -0.05) is 25.7 Å². The third-order valence-electron chi connectivity index (χ3n) is 5.04. The summed E-state index contributed by atoms with van der Waals surface area (Å²) < 4.78 is 0. The molecule has 1 aromatic rings. The molecule has 2 fully saturated rings. The first-order chi connectivity index (χ1) is 10.1. The average Bonchev–Trinajstić information content (AvgIpc) is 2.95. The molecule has 4 nitrogen and oxygen atoms in total. The summed E-state index contributed by atoms with van der Waals surface area (Å²) in [6.07, 6.45) is 8.30. The normalized spacial score (nSPS) is 28.7. The Balaban J connectivity index is 1.63. The number of hydrogen-bond acceptors (Lipinski definition) is 3. The van der Waals surface area contributed by atoms with Crippen LogP contribution in [0.2, 0.25) is 0 Å². The highest BCUT2D eigenvalue weighted by Crippen LogP contribution is 2.43. The number of carboxylic acids is 1. The number of carbonyl (C=O) groups is 2. The highest BCUT2D eigenvalue weighted by Gasteiger charge is 2.35. The molecule has 3 atom stereocenters. The molecule has 1 aromatic heterocycles. The molecule has 114 valence electrons. The Morgan fingerprint density at radius 3 is 2.67 bits per heavy atom. The number of fused-ring (bicyclic) bond motifs is 1. The van der Waals surface area contributed by atoms with Crippen molar-refractivity contribution in [3.63, 3.8) is 0 Å². The largest absolute Gasteiger partial charge is 0.478 e. The lowest BCUT2D eigenvalue weighted by atomic mass is 9.67. The molecule has 0 aliphatic heterocycles. The molecule has 1 heterocycles. The Kier molecular flexibility index (Phi) is 4.29. The highest BCUT2D eigenvalue weighted by atomic mass is 32.1. The minimum atomic E-state index is -0.984. The summed E-state index contributed by atoms with van der Waals surface area (Å²) >= 11 is 1.28. The number of thiophene rings is 1. The van der Waals surface area contributed by atoms with E-state index in [4.69, 9.17) is 5.11 Å². The molecular formula is C16H21NO3S. The van der Waals surface area contributed by atoms with Gasteiger partial charge in [-0.15, -0.1) is 11.3 Å². The second-order valence-electron chi connectivity index (χ2n) is 6.27. The monoisotopic (exact) mass is 307 g/mol. The molecule has 21 heavy (non-hydrogen) atoms. The van der Waals surface area contributed by atoms with E-state index in [0.717, 1.165) is 25.2 Å². The van der Waals surface area contributed by atoms with E-state index in [-0.39, 0.29) is 17.4 Å². The third-order valence-corrected chi connectivity index (χ3v) is 5.87. The predicted molar refractivity (Wildman–Crippen MR) is 82.7 cm³/mol. The van der Waals surface area contributed by atoms with Gasteiger partial charge in [-0.25, -0.2) is 4.79 Å². The van der Waals surface area contributed by atoms with Gasteiger partial charge >= 0.3 is 5.97 Å². The zero-order valence-electron chi connectivity index (χ0n) is 12.0. The summed E-state index contributed by atoms with van der Waals surface area (Å²) in [6.45, 7) is 0. The molecule has 0 saturated heterocycles. The summed E-state index contributed by atoms with van der Waals surface area (Å²) in [5.41, 5.74) is 0.194. The molecule has 5 heteroatoms. The fourth-order valence-corrected chi connectivity index (χ4v) is 4.68. The Morgan fingerprint density at radius 1 is 1.14 bits per heavy atom. The lowest BCUT2D eigenvalue weighted by Crippen LogP contribution is -2.33. The first-order valence-electron chi connectivity index (χ1n) is 7.77. The standard InChI is InChI=1S/C16H21NO3S/c18-14(17-15-13(16(19)20)7-8-21-15)12-6-5-10-3-1-2-4-11(10)9-12/h7-8,10-12H,1-6,9H2,(H,17,18)(H,19,20). The van der Waals surface area contributed by atoms with Crippen LogP contribution in [-0.2, 0) is 4.79 Å². The highest BCUT2D eigenvalue weighted by molar-refractivity contribution is 7.14. The van der Waals surface area contributed by atoms with Gasteiger partial charge in [0.25, 0.3) is 0 Å². The smallest absolute Gasteiger partial charge is 0.338 e. The Labute approximate surface area is 128 Å². The van der Waals surface area contributed by atoms with Crippen molar-refractivity contribution < 1.29 is 14.7 Å². The summed E-state index contributed by atoms with van der Waals surface area (Å²) in [5, 5.41) is 14.1. The van der Waals surface area contributed by atoms with Crippen LogP contribution in [0.5, 0.6) is 0 Å². The first-order valence-corrected chi connectivity index (χ1v) is 8.64. The van der Waals surface area contributed by atoms with E-state index in [0.29, 0.717) is 10.9 Å². The fourth-order valence-electron chi connectivity index (χ4n) is 3.90. The molecule has 0 aromatic carbocycles. The molecule has 3 rings (SSSR count). The van der Waals surface area contributed by atoms with E-state index >= 15 is 0 Å². The van der Waals surface area contributed by atoms with E-state index in [9.17, 15) is 9.59 Å². The van der Waals surface area contributed by atoms with Gasteiger partial charge in [-0.2, -0.15) is 0 Å². The Bertz CT molecular complexity index is 539. The van der Waals surface area contributed by atoms with Gasteiger partial charge < -0.3 is 10.4 Å². The van der Waals surface area contributed by atoms with Crippen molar-refractivity contribution in [2.45, 2.75) is 44.9 Å². The number of hydrogen-bond donors (Lipinski definition) is 2. The number of amides is 1. The molecule has 0 bridgehead atoms. The van der Waals surface area contributed by atoms with Crippen molar-refractivity contribution in [2.75, 3.05) is 5.32 Å². The fraction of sp³-hybridized carbons (Fsp3) is 0.625. The van der Waals surface area contributed by atoms with Gasteiger partial charge in [-0.05, 0) is 42.5 Å². The number of nitrogens with one attached hydrogen (secondary N) is 1. The van der Waals surface area contributed by atoms with Crippen molar-refractivity contribution >= 4 is 28.2 Å². The molecule has 2 aliphatic rings. The zero-order chi connectivity index (χ0) is 14.8. The minimum Gasteiger partial charge on any atom is -0.478 e. The summed E-state index contributed by atoms with van der Waals surface area (Å²) in [7, 11) is 0. The average molecular weight is 307 g/mol. The van der Waals surface area contributed by atoms with Gasteiger partial charge in [0.2, 0.25) is 5.91 Å². The number of anilines is 1. The van der Waals surface area contributed by atoms with Crippen molar-refractivity contribution in [1.29, 1.82) is 0 Å². The van der Waals surface area contributed by atoms with Crippen LogP contribution in [0.25, 0.3) is 0 Å². The maximum atomic E-state index is 12.4.